The number of fused-ring (bicyclic) bond motifs is 3. The highest BCUT2D eigenvalue weighted by Crippen LogP contribution is 2.44. The van der Waals surface area contributed by atoms with Crippen LogP contribution in [-0.2, 0) is 4.79 Å². The molecule has 0 aliphatic carbocycles. The zero-order chi connectivity index (χ0) is 28.2. The summed E-state index contributed by atoms with van der Waals surface area (Å²) in [6.45, 7) is 5.83. The second-order valence-corrected chi connectivity index (χ2v) is 10.1. The van der Waals surface area contributed by atoms with Gasteiger partial charge in [-0.1, -0.05) is 48.5 Å². The predicted octanol–water partition coefficient (Wildman–Crippen LogP) is 5.10. The van der Waals surface area contributed by atoms with Crippen LogP contribution in [0.25, 0.3) is 22.7 Å². The lowest BCUT2D eigenvalue weighted by Gasteiger charge is -2.27. The summed E-state index contributed by atoms with van der Waals surface area (Å²) in [6, 6.07) is 22.6. The Kier molecular flexibility index (Phi) is 5.56. The van der Waals surface area contributed by atoms with E-state index < -0.39 is 5.92 Å². The molecule has 0 saturated heterocycles. The number of benzene rings is 3. The van der Waals surface area contributed by atoms with Crippen LogP contribution in [0.5, 0.6) is 11.5 Å². The fraction of sp³-hybridized carbons (Fsp3) is 0.129. The molecule has 3 aromatic carbocycles. The Labute approximate surface area is 234 Å². The number of carbonyl (C=O) groups excluding carboxylic acids is 1. The Morgan fingerprint density at radius 1 is 0.927 bits per heavy atom. The fourth-order valence-corrected chi connectivity index (χ4v) is 5.29. The molecule has 0 radical (unpaired) electrons. The number of aromatic nitrogens is 6. The van der Waals surface area contributed by atoms with E-state index in [0.717, 1.165) is 27.9 Å². The van der Waals surface area contributed by atoms with Crippen LogP contribution in [0.4, 0.5) is 5.82 Å². The monoisotopic (exact) mass is 543 g/mol. The van der Waals surface area contributed by atoms with Gasteiger partial charge >= 0.3 is 0 Å². The molecule has 0 unspecified atom stereocenters. The average molecular weight is 544 g/mol. The Bertz CT molecular complexity index is 2010. The first-order valence-electron chi connectivity index (χ1n) is 13.2. The molecule has 7 rings (SSSR count). The summed E-state index contributed by atoms with van der Waals surface area (Å²) in [5.74, 6) is 0.914. The molecule has 1 aliphatic rings. The minimum Gasteiger partial charge on any atom is -0.457 e. The van der Waals surface area contributed by atoms with Crippen molar-refractivity contribution in [1.82, 2.24) is 29.5 Å². The highest BCUT2D eigenvalue weighted by atomic mass is 16.5. The van der Waals surface area contributed by atoms with Gasteiger partial charge in [-0.2, -0.15) is 19.9 Å². The number of amides is 1. The average Bonchev–Trinajstić information content (AvgIpc) is 3.56. The Hall–Kier alpha value is -5.51. The van der Waals surface area contributed by atoms with E-state index in [2.05, 4.69) is 20.5 Å². The maximum absolute atomic E-state index is 13.9. The number of rotatable bonds is 4. The molecule has 2 N–H and O–H groups in total. The van der Waals surface area contributed by atoms with Crippen molar-refractivity contribution in [3.05, 3.63) is 117 Å². The maximum atomic E-state index is 13.9. The van der Waals surface area contributed by atoms with Crippen molar-refractivity contribution in [1.29, 1.82) is 0 Å². The molecule has 0 bridgehead atoms. The number of para-hydroxylation sites is 2. The summed E-state index contributed by atoms with van der Waals surface area (Å²) in [6.07, 6.45) is 1.50. The lowest BCUT2D eigenvalue weighted by Crippen LogP contribution is -2.26. The highest BCUT2D eigenvalue weighted by Gasteiger charge is 2.33. The van der Waals surface area contributed by atoms with E-state index in [1.807, 2.05) is 87.5 Å². The van der Waals surface area contributed by atoms with E-state index in [1.165, 1.54) is 10.9 Å². The fourth-order valence-electron chi connectivity index (χ4n) is 5.29. The third kappa shape index (κ3) is 3.99. The molecule has 1 aliphatic heterocycles. The molecule has 41 heavy (non-hydrogen) atoms. The van der Waals surface area contributed by atoms with Gasteiger partial charge in [-0.3, -0.25) is 14.6 Å². The second-order valence-electron chi connectivity index (χ2n) is 10.1. The van der Waals surface area contributed by atoms with Crippen LogP contribution in [0, 0.1) is 20.8 Å². The molecule has 10 nitrogen and oxygen atoms in total. The van der Waals surface area contributed by atoms with Crippen molar-refractivity contribution in [2.75, 3.05) is 5.32 Å². The van der Waals surface area contributed by atoms with Crippen molar-refractivity contribution in [2.24, 2.45) is 0 Å². The molecule has 0 fully saturated rings. The number of aromatic amines is 1. The van der Waals surface area contributed by atoms with Gasteiger partial charge in [-0.05, 0) is 50.1 Å². The first-order valence-corrected chi connectivity index (χ1v) is 13.2. The van der Waals surface area contributed by atoms with Gasteiger partial charge in [0.2, 0.25) is 11.9 Å². The largest absolute Gasteiger partial charge is 0.457 e. The zero-order valence-electron chi connectivity index (χ0n) is 22.5. The smallest absolute Gasteiger partial charge is 0.263 e. The third-order valence-electron chi connectivity index (χ3n) is 7.46. The summed E-state index contributed by atoms with van der Waals surface area (Å²) in [4.78, 5) is 34.6. The number of anilines is 1. The Balaban J connectivity index is 1.31. The zero-order valence-corrected chi connectivity index (χ0v) is 22.5. The van der Waals surface area contributed by atoms with Gasteiger partial charge in [0, 0.05) is 17.2 Å². The second kappa shape index (κ2) is 9.30. The lowest BCUT2D eigenvalue weighted by molar-refractivity contribution is -0.116. The van der Waals surface area contributed by atoms with E-state index in [-0.39, 0.29) is 17.4 Å². The number of ether oxygens (including phenoxy) is 1. The summed E-state index contributed by atoms with van der Waals surface area (Å²) in [5.41, 5.74) is 5.13. The van der Waals surface area contributed by atoms with Crippen molar-refractivity contribution >= 4 is 22.8 Å². The third-order valence-corrected chi connectivity index (χ3v) is 7.46. The number of aryl methyl sites for hydroxylation is 2. The molecule has 1 amide bonds. The van der Waals surface area contributed by atoms with Crippen LogP contribution in [0.1, 0.15) is 33.9 Å². The number of hydrogen-bond acceptors (Lipinski definition) is 6. The van der Waals surface area contributed by atoms with Gasteiger partial charge in [0.05, 0.1) is 23.5 Å². The Morgan fingerprint density at radius 2 is 1.63 bits per heavy atom. The minimum atomic E-state index is -0.611. The molecule has 3 aromatic heterocycles. The standard InChI is InChI=1S/C31H25N7O3/c1-17-9-8-12-23(19(17)3)37-28-22(16-32-37)29(39)35-31(34-28)38-26(15-18(2)36-38)33-30(40)27-20-10-4-6-13-24(20)41-25-14-7-5-11-21(25)27/h4-16,27H,1-3H3,(H,33,40)(H,34,35,39). The number of hydrogen-bond donors (Lipinski definition) is 2. The van der Waals surface area contributed by atoms with Gasteiger partial charge in [-0.25, -0.2) is 4.68 Å². The van der Waals surface area contributed by atoms with Gasteiger partial charge in [0.25, 0.3) is 5.56 Å². The number of nitrogens with one attached hydrogen (secondary N) is 2. The molecular formula is C31H25N7O3. The van der Waals surface area contributed by atoms with E-state index in [9.17, 15) is 9.59 Å². The van der Waals surface area contributed by atoms with Crippen molar-refractivity contribution < 1.29 is 9.53 Å². The van der Waals surface area contributed by atoms with Gasteiger partial charge in [0.15, 0.2) is 5.65 Å². The van der Waals surface area contributed by atoms with E-state index >= 15 is 0 Å². The SMILES string of the molecule is Cc1cc(NC(=O)C2c3ccccc3Oc3ccccc32)n(-c2nc3c(cnn3-c3cccc(C)c3C)c(=O)[nH]2)n1. The van der Waals surface area contributed by atoms with E-state index in [0.29, 0.717) is 34.0 Å². The lowest BCUT2D eigenvalue weighted by atomic mass is 9.87. The van der Waals surface area contributed by atoms with Crippen molar-refractivity contribution in [3.8, 4) is 23.1 Å². The first kappa shape index (κ1) is 24.5. The number of nitrogens with zero attached hydrogens (tertiary/aromatic N) is 5. The van der Waals surface area contributed by atoms with Crippen LogP contribution >= 0.6 is 0 Å². The van der Waals surface area contributed by atoms with Crippen LogP contribution < -0.4 is 15.6 Å². The van der Waals surface area contributed by atoms with Gasteiger partial charge in [0.1, 0.15) is 22.7 Å². The highest BCUT2D eigenvalue weighted by molar-refractivity contribution is 5.99. The molecule has 0 spiro atoms. The van der Waals surface area contributed by atoms with Gasteiger partial charge < -0.3 is 10.1 Å². The summed E-state index contributed by atoms with van der Waals surface area (Å²) < 4.78 is 9.15. The van der Waals surface area contributed by atoms with E-state index in [1.54, 1.807) is 10.7 Å². The quantitative estimate of drug-likeness (QED) is 0.319. The Morgan fingerprint density at radius 3 is 2.37 bits per heavy atom. The van der Waals surface area contributed by atoms with Crippen LogP contribution in [0.15, 0.2) is 83.8 Å². The number of H-pyrrole nitrogens is 1. The molecule has 6 aromatic rings. The number of carbonyl (C=O) groups is 1. The van der Waals surface area contributed by atoms with Crippen molar-refractivity contribution in [2.45, 2.75) is 26.7 Å². The molecule has 0 atom stereocenters. The van der Waals surface area contributed by atoms with Gasteiger partial charge in [-0.15, -0.1) is 0 Å². The summed E-state index contributed by atoms with van der Waals surface area (Å²) in [7, 11) is 0. The molecule has 0 saturated carbocycles. The van der Waals surface area contributed by atoms with E-state index in [4.69, 9.17) is 9.72 Å². The summed E-state index contributed by atoms with van der Waals surface area (Å²) >= 11 is 0. The molecular weight excluding hydrogens is 518 g/mol. The van der Waals surface area contributed by atoms with Crippen LogP contribution in [0.3, 0.4) is 0 Å². The maximum Gasteiger partial charge on any atom is 0.263 e. The topological polar surface area (TPSA) is 120 Å². The minimum absolute atomic E-state index is 0.158. The predicted molar refractivity (Wildman–Crippen MR) is 154 cm³/mol. The molecule has 10 heteroatoms. The molecule has 202 valence electrons. The normalized spacial score (nSPS) is 12.6. The van der Waals surface area contributed by atoms with Crippen molar-refractivity contribution in [3.63, 3.8) is 0 Å². The summed E-state index contributed by atoms with van der Waals surface area (Å²) in [5, 5.41) is 12.4. The first-order chi connectivity index (χ1) is 19.9. The van der Waals surface area contributed by atoms with Crippen LogP contribution in [0.2, 0.25) is 0 Å². The van der Waals surface area contributed by atoms with Crippen LogP contribution in [-0.4, -0.2) is 35.4 Å². The molecule has 4 heterocycles.